The van der Waals surface area contributed by atoms with Crippen molar-refractivity contribution >= 4 is 11.9 Å². The molecule has 0 radical (unpaired) electrons. The summed E-state index contributed by atoms with van der Waals surface area (Å²) in [5, 5.41) is 8.95. The molecule has 1 aromatic rings. The van der Waals surface area contributed by atoms with Crippen molar-refractivity contribution in [2.45, 2.75) is 123 Å². The molecule has 1 aromatic carbocycles. The molecular formula is C32H54O6. The second-order valence-corrected chi connectivity index (χ2v) is 10.3. The van der Waals surface area contributed by atoms with Crippen LogP contribution in [0, 0.1) is 5.92 Å². The first-order valence-electron chi connectivity index (χ1n) is 15.3. The molecule has 1 rings (SSSR count). The average Bonchev–Trinajstić information content (AvgIpc) is 2.93. The third kappa shape index (κ3) is 18.2. The molecule has 0 aliphatic heterocycles. The number of esters is 2. The summed E-state index contributed by atoms with van der Waals surface area (Å²) in [4.78, 5) is 24.7. The predicted molar refractivity (Wildman–Crippen MR) is 153 cm³/mol. The van der Waals surface area contributed by atoms with Crippen molar-refractivity contribution in [3.8, 4) is 5.75 Å². The summed E-state index contributed by atoms with van der Waals surface area (Å²) in [6, 6.07) is 8.14. The van der Waals surface area contributed by atoms with Crippen molar-refractivity contribution in [1.29, 1.82) is 0 Å². The zero-order valence-corrected chi connectivity index (χ0v) is 24.2. The molecule has 0 saturated carbocycles. The standard InChI is InChI=1S/C32H54O6/c1-3-5-7-9-11-13-15-17-28-19-21-30(22-20-28)36-25-26-37-31(34)27-29(32(35)38-24-23-33)18-16-14-12-10-8-6-4-2/h19-22,29,33H,3-18,23-27H2,1-2H3. The highest BCUT2D eigenvalue weighted by Crippen LogP contribution is 2.19. The van der Waals surface area contributed by atoms with Crippen LogP contribution in [0.5, 0.6) is 5.75 Å². The van der Waals surface area contributed by atoms with Gasteiger partial charge < -0.3 is 19.3 Å². The number of carbonyl (C=O) groups is 2. The number of aliphatic hydroxyl groups is 1. The fraction of sp³-hybridized carbons (Fsp3) is 0.750. The van der Waals surface area contributed by atoms with Gasteiger partial charge in [0.05, 0.1) is 18.9 Å². The fourth-order valence-corrected chi connectivity index (χ4v) is 4.53. The first-order valence-corrected chi connectivity index (χ1v) is 15.3. The Hall–Kier alpha value is -2.08. The summed E-state index contributed by atoms with van der Waals surface area (Å²) in [5.41, 5.74) is 1.32. The summed E-state index contributed by atoms with van der Waals surface area (Å²) >= 11 is 0. The Morgan fingerprint density at radius 1 is 0.711 bits per heavy atom. The Morgan fingerprint density at radius 3 is 1.89 bits per heavy atom. The zero-order valence-electron chi connectivity index (χ0n) is 24.2. The van der Waals surface area contributed by atoms with E-state index in [-0.39, 0.29) is 32.8 Å². The number of hydrogen-bond acceptors (Lipinski definition) is 6. The van der Waals surface area contributed by atoms with Crippen LogP contribution in [-0.2, 0) is 25.5 Å². The lowest BCUT2D eigenvalue weighted by Gasteiger charge is -2.15. The third-order valence-electron chi connectivity index (χ3n) is 6.85. The molecular weight excluding hydrogens is 480 g/mol. The highest BCUT2D eigenvalue weighted by molar-refractivity contribution is 5.79. The molecule has 0 saturated heterocycles. The molecule has 218 valence electrons. The van der Waals surface area contributed by atoms with E-state index >= 15 is 0 Å². The van der Waals surface area contributed by atoms with E-state index in [1.54, 1.807) is 0 Å². The van der Waals surface area contributed by atoms with Crippen LogP contribution in [0.15, 0.2) is 24.3 Å². The van der Waals surface area contributed by atoms with Crippen molar-refractivity contribution < 1.29 is 28.9 Å². The number of carbonyl (C=O) groups excluding carboxylic acids is 2. The van der Waals surface area contributed by atoms with Gasteiger partial charge in [0.15, 0.2) is 0 Å². The van der Waals surface area contributed by atoms with Crippen LogP contribution >= 0.6 is 0 Å². The molecule has 0 amide bonds. The number of hydrogen-bond donors (Lipinski definition) is 1. The average molecular weight is 535 g/mol. The number of unbranched alkanes of at least 4 members (excludes halogenated alkanes) is 12. The molecule has 1 N–H and O–H groups in total. The summed E-state index contributed by atoms with van der Waals surface area (Å²) in [6.07, 6.45) is 18.8. The minimum absolute atomic E-state index is 0.00655. The fourth-order valence-electron chi connectivity index (χ4n) is 4.53. The first-order chi connectivity index (χ1) is 18.6. The van der Waals surface area contributed by atoms with E-state index in [9.17, 15) is 9.59 Å². The smallest absolute Gasteiger partial charge is 0.309 e. The van der Waals surface area contributed by atoms with Crippen LogP contribution < -0.4 is 4.74 Å². The summed E-state index contributed by atoms with van der Waals surface area (Å²) in [7, 11) is 0. The largest absolute Gasteiger partial charge is 0.490 e. The Morgan fingerprint density at radius 2 is 1.29 bits per heavy atom. The molecule has 0 spiro atoms. The van der Waals surface area contributed by atoms with Crippen LogP contribution in [0.4, 0.5) is 0 Å². The molecule has 1 unspecified atom stereocenters. The summed E-state index contributed by atoms with van der Waals surface area (Å²) < 4.78 is 16.1. The van der Waals surface area contributed by atoms with E-state index < -0.39 is 17.9 Å². The van der Waals surface area contributed by atoms with E-state index in [4.69, 9.17) is 19.3 Å². The van der Waals surface area contributed by atoms with Gasteiger partial charge >= 0.3 is 11.9 Å². The Kier molecular flexibility index (Phi) is 21.4. The normalized spacial score (nSPS) is 11.8. The number of ether oxygens (including phenoxy) is 3. The highest BCUT2D eigenvalue weighted by atomic mass is 16.6. The van der Waals surface area contributed by atoms with Gasteiger partial charge in [0, 0.05) is 0 Å². The number of benzene rings is 1. The van der Waals surface area contributed by atoms with E-state index in [2.05, 4.69) is 26.0 Å². The van der Waals surface area contributed by atoms with E-state index in [0.29, 0.717) is 6.42 Å². The number of aryl methyl sites for hydroxylation is 1. The van der Waals surface area contributed by atoms with Crippen molar-refractivity contribution in [1.82, 2.24) is 0 Å². The SMILES string of the molecule is CCCCCCCCCc1ccc(OCCOC(=O)CC(CCCCCCCCC)C(=O)OCCO)cc1. The molecule has 0 aliphatic carbocycles. The van der Waals surface area contributed by atoms with E-state index in [0.717, 1.165) is 31.4 Å². The molecule has 0 bridgehead atoms. The Labute approximate surface area is 231 Å². The van der Waals surface area contributed by atoms with Gasteiger partial charge in [-0.1, -0.05) is 109 Å². The van der Waals surface area contributed by atoms with Gasteiger partial charge in [0.2, 0.25) is 0 Å². The zero-order chi connectivity index (χ0) is 27.7. The maximum absolute atomic E-state index is 12.4. The maximum atomic E-state index is 12.4. The van der Waals surface area contributed by atoms with Crippen molar-refractivity contribution in [3.05, 3.63) is 29.8 Å². The second-order valence-electron chi connectivity index (χ2n) is 10.3. The van der Waals surface area contributed by atoms with Crippen LogP contribution in [0.1, 0.15) is 122 Å². The number of rotatable bonds is 25. The molecule has 0 heterocycles. The Bertz CT molecular complexity index is 702. The van der Waals surface area contributed by atoms with Crippen molar-refractivity contribution in [2.24, 2.45) is 5.92 Å². The number of aliphatic hydroxyl groups excluding tert-OH is 1. The van der Waals surface area contributed by atoms with Gasteiger partial charge in [-0.15, -0.1) is 0 Å². The van der Waals surface area contributed by atoms with Gasteiger partial charge in [0.25, 0.3) is 0 Å². The lowest BCUT2D eigenvalue weighted by atomic mass is 9.97. The van der Waals surface area contributed by atoms with Crippen molar-refractivity contribution in [2.75, 3.05) is 26.4 Å². The van der Waals surface area contributed by atoms with Gasteiger partial charge in [0.1, 0.15) is 25.6 Å². The van der Waals surface area contributed by atoms with Crippen molar-refractivity contribution in [3.63, 3.8) is 0 Å². The van der Waals surface area contributed by atoms with Gasteiger partial charge in [-0.05, 0) is 37.0 Å². The third-order valence-corrected chi connectivity index (χ3v) is 6.85. The molecule has 0 aliphatic rings. The van der Waals surface area contributed by atoms with E-state index in [1.165, 1.54) is 76.2 Å². The van der Waals surface area contributed by atoms with Crippen LogP contribution in [0.3, 0.4) is 0 Å². The molecule has 1 atom stereocenters. The van der Waals surface area contributed by atoms with Crippen LogP contribution in [0.2, 0.25) is 0 Å². The lowest BCUT2D eigenvalue weighted by molar-refractivity contribution is -0.156. The quantitative estimate of drug-likeness (QED) is 0.103. The molecule has 6 nitrogen and oxygen atoms in total. The van der Waals surface area contributed by atoms with Crippen LogP contribution in [0.25, 0.3) is 0 Å². The monoisotopic (exact) mass is 534 g/mol. The second kappa shape index (κ2) is 24.0. The summed E-state index contributed by atoms with van der Waals surface area (Å²) in [6.45, 7) is 4.57. The summed E-state index contributed by atoms with van der Waals surface area (Å²) in [5.74, 6) is -0.634. The lowest BCUT2D eigenvalue weighted by Crippen LogP contribution is -2.24. The molecule has 6 heteroatoms. The highest BCUT2D eigenvalue weighted by Gasteiger charge is 2.24. The van der Waals surface area contributed by atoms with Gasteiger partial charge in [-0.25, -0.2) is 0 Å². The molecule has 38 heavy (non-hydrogen) atoms. The predicted octanol–water partition coefficient (Wildman–Crippen LogP) is 7.58. The Balaban J connectivity index is 2.26. The molecule has 0 aromatic heterocycles. The van der Waals surface area contributed by atoms with Gasteiger partial charge in [-0.2, -0.15) is 0 Å². The van der Waals surface area contributed by atoms with Gasteiger partial charge in [-0.3, -0.25) is 9.59 Å². The van der Waals surface area contributed by atoms with E-state index in [1.807, 2.05) is 12.1 Å². The molecule has 0 fully saturated rings. The topological polar surface area (TPSA) is 82.1 Å². The first kappa shape index (κ1) is 33.9. The maximum Gasteiger partial charge on any atom is 0.309 e. The van der Waals surface area contributed by atoms with Crippen LogP contribution in [-0.4, -0.2) is 43.5 Å². The minimum atomic E-state index is -0.533. The minimum Gasteiger partial charge on any atom is -0.490 e.